The van der Waals surface area contributed by atoms with Gasteiger partial charge in [-0.25, -0.2) is 9.97 Å². The first-order valence-corrected chi connectivity index (χ1v) is 8.40. The molecule has 0 aliphatic heterocycles. The van der Waals surface area contributed by atoms with E-state index in [4.69, 9.17) is 0 Å². The van der Waals surface area contributed by atoms with Crippen LogP contribution in [0.3, 0.4) is 0 Å². The molecule has 3 aromatic rings. The van der Waals surface area contributed by atoms with Crippen LogP contribution in [0.2, 0.25) is 0 Å². The maximum absolute atomic E-state index is 4.67. The Kier molecular flexibility index (Phi) is 3.79. The quantitative estimate of drug-likeness (QED) is 0.625. The van der Waals surface area contributed by atoms with E-state index in [1.165, 1.54) is 5.56 Å². The predicted molar refractivity (Wildman–Crippen MR) is 92.5 cm³/mol. The highest BCUT2D eigenvalue weighted by Gasteiger charge is 2.13. The molecule has 0 amide bonds. The minimum atomic E-state index is 0.722. The van der Waals surface area contributed by atoms with Crippen LogP contribution in [0.1, 0.15) is 5.56 Å². The Morgan fingerprint density at radius 3 is 2.60 bits per heavy atom. The molecule has 0 radical (unpaired) electrons. The van der Waals surface area contributed by atoms with E-state index in [0.29, 0.717) is 0 Å². The SMILES string of the molecule is CNc1nc(-c2cc(Br)sc2Br)nc2ccc(C)cc12. The number of hydrogen-bond acceptors (Lipinski definition) is 4. The molecule has 0 aliphatic carbocycles. The Morgan fingerprint density at radius 1 is 1.15 bits per heavy atom. The van der Waals surface area contributed by atoms with Gasteiger partial charge in [0.25, 0.3) is 0 Å². The second-order valence-electron chi connectivity index (χ2n) is 4.40. The van der Waals surface area contributed by atoms with Crippen LogP contribution in [0, 0.1) is 6.92 Å². The number of hydrogen-bond donors (Lipinski definition) is 1. The molecule has 1 aromatic carbocycles. The standard InChI is InChI=1S/C14H11Br2N3S/c1-7-3-4-10-8(5-7)13(17-2)19-14(18-10)9-6-11(15)20-12(9)16/h3-6H,1-2H3,(H,17,18,19). The number of fused-ring (bicyclic) bond motifs is 1. The minimum absolute atomic E-state index is 0.722. The van der Waals surface area contributed by atoms with Gasteiger partial charge in [-0.05, 0) is 57.0 Å². The minimum Gasteiger partial charge on any atom is -0.373 e. The lowest BCUT2D eigenvalue weighted by Crippen LogP contribution is -1.98. The van der Waals surface area contributed by atoms with Gasteiger partial charge < -0.3 is 5.32 Å². The Labute approximate surface area is 137 Å². The molecule has 1 N–H and O–H groups in total. The summed E-state index contributed by atoms with van der Waals surface area (Å²) in [6, 6.07) is 8.23. The Bertz CT molecular complexity index is 798. The lowest BCUT2D eigenvalue weighted by molar-refractivity contribution is 1.21. The molecule has 20 heavy (non-hydrogen) atoms. The molecule has 6 heteroatoms. The molecule has 0 spiro atoms. The molecular weight excluding hydrogens is 402 g/mol. The van der Waals surface area contributed by atoms with Crippen molar-refractivity contribution < 1.29 is 0 Å². The van der Waals surface area contributed by atoms with Crippen LogP contribution in [-0.2, 0) is 0 Å². The maximum atomic E-state index is 4.67. The smallest absolute Gasteiger partial charge is 0.164 e. The van der Waals surface area contributed by atoms with E-state index in [9.17, 15) is 0 Å². The topological polar surface area (TPSA) is 37.8 Å². The predicted octanol–water partition coefficient (Wildman–Crippen LogP) is 5.23. The summed E-state index contributed by atoms with van der Waals surface area (Å²) in [5, 5.41) is 4.20. The number of aryl methyl sites for hydroxylation is 1. The number of benzene rings is 1. The summed E-state index contributed by atoms with van der Waals surface area (Å²) in [6.45, 7) is 2.07. The second kappa shape index (κ2) is 5.42. The van der Waals surface area contributed by atoms with Gasteiger partial charge in [0.15, 0.2) is 5.82 Å². The Morgan fingerprint density at radius 2 is 1.95 bits per heavy atom. The molecule has 0 fully saturated rings. The highest BCUT2D eigenvalue weighted by Crippen LogP contribution is 2.38. The molecule has 0 atom stereocenters. The molecule has 3 nitrogen and oxygen atoms in total. The normalized spacial score (nSPS) is 11.0. The van der Waals surface area contributed by atoms with Crippen LogP contribution < -0.4 is 5.32 Å². The van der Waals surface area contributed by atoms with Crippen molar-refractivity contribution in [3.05, 3.63) is 37.4 Å². The number of halogens is 2. The number of aromatic nitrogens is 2. The second-order valence-corrected chi connectivity index (χ2v) is 8.15. The van der Waals surface area contributed by atoms with E-state index in [1.54, 1.807) is 11.3 Å². The summed E-state index contributed by atoms with van der Waals surface area (Å²) < 4.78 is 2.08. The molecule has 2 heterocycles. The van der Waals surface area contributed by atoms with Gasteiger partial charge in [-0.1, -0.05) is 11.6 Å². The molecule has 0 aliphatic rings. The third-order valence-electron chi connectivity index (χ3n) is 2.99. The van der Waals surface area contributed by atoms with Gasteiger partial charge in [0.2, 0.25) is 0 Å². The van der Waals surface area contributed by atoms with Crippen molar-refractivity contribution in [1.29, 1.82) is 0 Å². The first-order valence-electron chi connectivity index (χ1n) is 6.00. The first-order chi connectivity index (χ1) is 9.58. The van der Waals surface area contributed by atoms with Gasteiger partial charge >= 0.3 is 0 Å². The summed E-state index contributed by atoms with van der Waals surface area (Å²) in [6.07, 6.45) is 0. The fourth-order valence-corrected chi connectivity index (χ4v) is 4.84. The number of nitrogens with one attached hydrogen (secondary N) is 1. The Hall–Kier alpha value is -0.980. The summed E-state index contributed by atoms with van der Waals surface area (Å²) in [5.74, 6) is 1.57. The van der Waals surface area contributed by atoms with Crippen molar-refractivity contribution >= 4 is 59.9 Å². The van der Waals surface area contributed by atoms with Gasteiger partial charge in [0.05, 0.1) is 13.1 Å². The van der Waals surface area contributed by atoms with E-state index >= 15 is 0 Å². The van der Waals surface area contributed by atoms with Crippen molar-refractivity contribution in [3.8, 4) is 11.4 Å². The molecule has 3 rings (SSSR count). The fraction of sp³-hybridized carbons (Fsp3) is 0.143. The maximum Gasteiger partial charge on any atom is 0.164 e. The summed E-state index contributed by atoms with van der Waals surface area (Å²) in [5.41, 5.74) is 3.14. The zero-order valence-corrected chi connectivity index (χ0v) is 14.9. The van der Waals surface area contributed by atoms with Crippen molar-refractivity contribution in [1.82, 2.24) is 9.97 Å². The third kappa shape index (κ3) is 2.47. The highest BCUT2D eigenvalue weighted by atomic mass is 79.9. The van der Waals surface area contributed by atoms with Gasteiger partial charge in [0, 0.05) is 18.0 Å². The van der Waals surface area contributed by atoms with Crippen LogP contribution in [-0.4, -0.2) is 17.0 Å². The van der Waals surface area contributed by atoms with Crippen LogP contribution in [0.4, 0.5) is 5.82 Å². The van der Waals surface area contributed by atoms with Crippen molar-refractivity contribution in [2.24, 2.45) is 0 Å². The fourth-order valence-electron chi connectivity index (χ4n) is 2.05. The molecule has 2 aromatic heterocycles. The summed E-state index contributed by atoms with van der Waals surface area (Å²) in [4.78, 5) is 9.31. The van der Waals surface area contributed by atoms with E-state index < -0.39 is 0 Å². The molecular formula is C14H11Br2N3S. The first kappa shape index (κ1) is 14.0. The molecule has 0 saturated carbocycles. The van der Waals surface area contributed by atoms with Gasteiger partial charge in [-0.3, -0.25) is 0 Å². The van der Waals surface area contributed by atoms with Crippen LogP contribution >= 0.6 is 43.2 Å². The zero-order valence-electron chi connectivity index (χ0n) is 10.9. The number of anilines is 1. The number of nitrogens with zero attached hydrogens (tertiary/aromatic N) is 2. The number of rotatable bonds is 2. The average Bonchev–Trinajstić information content (AvgIpc) is 2.76. The van der Waals surface area contributed by atoms with Crippen LogP contribution in [0.25, 0.3) is 22.3 Å². The monoisotopic (exact) mass is 411 g/mol. The number of thiophene rings is 1. The lowest BCUT2D eigenvalue weighted by atomic mass is 10.1. The molecule has 0 unspecified atom stereocenters. The third-order valence-corrected chi connectivity index (χ3v) is 5.32. The van der Waals surface area contributed by atoms with Crippen molar-refractivity contribution in [2.45, 2.75) is 6.92 Å². The molecule has 0 bridgehead atoms. The molecule has 0 saturated heterocycles. The van der Waals surface area contributed by atoms with Gasteiger partial charge in [0.1, 0.15) is 5.82 Å². The summed E-state index contributed by atoms with van der Waals surface area (Å²) >= 11 is 8.67. The van der Waals surface area contributed by atoms with Gasteiger partial charge in [-0.15, -0.1) is 11.3 Å². The van der Waals surface area contributed by atoms with Crippen molar-refractivity contribution in [3.63, 3.8) is 0 Å². The van der Waals surface area contributed by atoms with E-state index in [-0.39, 0.29) is 0 Å². The zero-order chi connectivity index (χ0) is 14.3. The Balaban J connectivity index is 2.28. The van der Waals surface area contributed by atoms with E-state index in [0.717, 1.165) is 35.7 Å². The van der Waals surface area contributed by atoms with Crippen molar-refractivity contribution in [2.75, 3.05) is 12.4 Å². The summed E-state index contributed by atoms with van der Waals surface area (Å²) in [7, 11) is 1.88. The largest absolute Gasteiger partial charge is 0.373 e. The average molecular weight is 413 g/mol. The van der Waals surface area contributed by atoms with E-state index in [1.807, 2.05) is 19.2 Å². The molecule has 102 valence electrons. The highest BCUT2D eigenvalue weighted by molar-refractivity contribution is 9.12. The van der Waals surface area contributed by atoms with E-state index in [2.05, 4.69) is 66.2 Å². The van der Waals surface area contributed by atoms with Gasteiger partial charge in [-0.2, -0.15) is 0 Å². The lowest BCUT2D eigenvalue weighted by Gasteiger charge is -2.08. The van der Waals surface area contributed by atoms with Crippen LogP contribution in [0.5, 0.6) is 0 Å². The van der Waals surface area contributed by atoms with Crippen LogP contribution in [0.15, 0.2) is 31.8 Å².